The number of benzene rings is 1. The van der Waals surface area contributed by atoms with E-state index in [1.807, 2.05) is 0 Å². The van der Waals surface area contributed by atoms with E-state index in [4.69, 9.17) is 16.3 Å². The Morgan fingerprint density at radius 2 is 1.90 bits per heavy atom. The summed E-state index contributed by atoms with van der Waals surface area (Å²) >= 11 is 5.84. The number of carbonyl (C=O) groups excluding carboxylic acids is 2. The predicted octanol–water partition coefficient (Wildman–Crippen LogP) is 2.90. The van der Waals surface area contributed by atoms with Gasteiger partial charge in [0, 0.05) is 23.7 Å². The summed E-state index contributed by atoms with van der Waals surface area (Å²) < 4.78 is 19.0. The summed E-state index contributed by atoms with van der Waals surface area (Å²) in [5.74, 6) is -1.38. The first-order valence-corrected chi connectivity index (χ1v) is 7.26. The SMILES string of the molecule is C[C@@H](OC(=O)C(F)c1ccccc1Cl)C(=O)N1CCCC1. The third kappa shape index (κ3) is 3.73. The predicted molar refractivity (Wildman–Crippen MR) is 76.7 cm³/mol. The molecule has 0 N–H and O–H groups in total. The first kappa shape index (κ1) is 15.8. The van der Waals surface area contributed by atoms with E-state index < -0.39 is 18.2 Å². The number of likely N-dealkylation sites (tertiary alicyclic amines) is 1. The average molecular weight is 314 g/mol. The van der Waals surface area contributed by atoms with Crippen molar-refractivity contribution in [2.75, 3.05) is 13.1 Å². The fourth-order valence-electron chi connectivity index (χ4n) is 2.29. The maximum absolute atomic E-state index is 14.1. The zero-order valence-electron chi connectivity index (χ0n) is 11.7. The fraction of sp³-hybridized carbons (Fsp3) is 0.467. The van der Waals surface area contributed by atoms with Gasteiger partial charge >= 0.3 is 5.97 Å². The molecule has 0 bridgehead atoms. The van der Waals surface area contributed by atoms with Crippen molar-refractivity contribution < 1.29 is 18.7 Å². The minimum atomic E-state index is -1.99. The molecule has 1 heterocycles. The molecule has 2 rings (SSSR count). The van der Waals surface area contributed by atoms with Crippen LogP contribution in [0.5, 0.6) is 0 Å². The quantitative estimate of drug-likeness (QED) is 0.803. The van der Waals surface area contributed by atoms with Crippen LogP contribution in [0.4, 0.5) is 4.39 Å². The number of rotatable bonds is 4. The first-order valence-electron chi connectivity index (χ1n) is 6.88. The van der Waals surface area contributed by atoms with Crippen molar-refractivity contribution in [3.8, 4) is 0 Å². The minimum absolute atomic E-state index is 0.0463. The van der Waals surface area contributed by atoms with E-state index in [1.165, 1.54) is 19.1 Å². The highest BCUT2D eigenvalue weighted by atomic mass is 35.5. The number of alkyl halides is 1. The van der Waals surface area contributed by atoms with Crippen LogP contribution in [0.1, 0.15) is 31.5 Å². The smallest absolute Gasteiger partial charge is 0.346 e. The highest BCUT2D eigenvalue weighted by Gasteiger charge is 2.30. The van der Waals surface area contributed by atoms with E-state index in [2.05, 4.69) is 0 Å². The van der Waals surface area contributed by atoms with Crippen molar-refractivity contribution in [2.45, 2.75) is 32.0 Å². The van der Waals surface area contributed by atoms with E-state index in [0.717, 1.165) is 12.8 Å². The molecule has 0 spiro atoms. The van der Waals surface area contributed by atoms with Crippen molar-refractivity contribution >= 4 is 23.5 Å². The van der Waals surface area contributed by atoms with Gasteiger partial charge in [-0.05, 0) is 25.8 Å². The first-order chi connectivity index (χ1) is 10.0. The summed E-state index contributed by atoms with van der Waals surface area (Å²) in [6, 6.07) is 6.14. The molecule has 1 saturated heterocycles. The average Bonchev–Trinajstić information content (AvgIpc) is 3.00. The standard InChI is InChI=1S/C15H17ClFNO3/c1-10(14(19)18-8-4-5-9-18)21-15(20)13(17)11-6-2-3-7-12(11)16/h2-3,6-7,10,13H,4-5,8-9H2,1H3/t10-,13?/m1/s1. The molecule has 0 aromatic heterocycles. The summed E-state index contributed by atoms with van der Waals surface area (Å²) in [5.41, 5.74) is 0.0463. The van der Waals surface area contributed by atoms with Gasteiger partial charge in [-0.1, -0.05) is 29.8 Å². The van der Waals surface area contributed by atoms with Gasteiger partial charge in [0.25, 0.3) is 5.91 Å². The zero-order chi connectivity index (χ0) is 15.4. The fourth-order valence-corrected chi connectivity index (χ4v) is 2.52. The van der Waals surface area contributed by atoms with Crippen molar-refractivity contribution in [1.29, 1.82) is 0 Å². The number of halogens is 2. The topological polar surface area (TPSA) is 46.6 Å². The number of hydrogen-bond acceptors (Lipinski definition) is 3. The number of ether oxygens (including phenoxy) is 1. The molecule has 2 atom stereocenters. The Morgan fingerprint density at radius 1 is 1.29 bits per heavy atom. The number of amides is 1. The Morgan fingerprint density at radius 3 is 2.52 bits per heavy atom. The largest absolute Gasteiger partial charge is 0.450 e. The molecule has 1 amide bonds. The summed E-state index contributed by atoms with van der Waals surface area (Å²) in [6.45, 7) is 2.77. The van der Waals surface area contributed by atoms with Gasteiger partial charge in [0.2, 0.25) is 6.17 Å². The van der Waals surface area contributed by atoms with Crippen molar-refractivity contribution in [1.82, 2.24) is 4.90 Å². The van der Waals surface area contributed by atoms with Crippen LogP contribution in [-0.2, 0) is 14.3 Å². The molecule has 1 fully saturated rings. The summed E-state index contributed by atoms with van der Waals surface area (Å²) in [5, 5.41) is 0.153. The molecular weight excluding hydrogens is 297 g/mol. The molecule has 1 aromatic carbocycles. The van der Waals surface area contributed by atoms with E-state index >= 15 is 0 Å². The van der Waals surface area contributed by atoms with Gasteiger partial charge < -0.3 is 9.64 Å². The van der Waals surface area contributed by atoms with Crippen LogP contribution in [0.3, 0.4) is 0 Å². The Bertz CT molecular complexity index is 531. The Labute approximate surface area is 127 Å². The molecule has 21 heavy (non-hydrogen) atoms. The van der Waals surface area contributed by atoms with Gasteiger partial charge in [0.05, 0.1) is 0 Å². The Hall–Kier alpha value is -1.62. The van der Waals surface area contributed by atoms with Crippen molar-refractivity contribution in [3.63, 3.8) is 0 Å². The lowest BCUT2D eigenvalue weighted by Crippen LogP contribution is -2.38. The molecule has 114 valence electrons. The maximum Gasteiger partial charge on any atom is 0.346 e. The highest BCUT2D eigenvalue weighted by Crippen LogP contribution is 2.27. The van der Waals surface area contributed by atoms with E-state index in [-0.39, 0.29) is 16.5 Å². The van der Waals surface area contributed by atoms with Crippen LogP contribution in [-0.4, -0.2) is 36.0 Å². The number of esters is 1. The van der Waals surface area contributed by atoms with Crippen LogP contribution in [0, 0.1) is 0 Å². The van der Waals surface area contributed by atoms with Gasteiger partial charge in [-0.2, -0.15) is 0 Å². The Kier molecular flexibility index (Phi) is 5.17. The number of hydrogen-bond donors (Lipinski definition) is 0. The normalized spacial score (nSPS) is 17.4. The molecular formula is C15H17ClFNO3. The van der Waals surface area contributed by atoms with Gasteiger partial charge in [-0.15, -0.1) is 0 Å². The summed E-state index contributed by atoms with van der Waals surface area (Å²) in [6.07, 6.45) is -1.10. The lowest BCUT2D eigenvalue weighted by atomic mass is 10.1. The van der Waals surface area contributed by atoms with E-state index in [9.17, 15) is 14.0 Å². The van der Waals surface area contributed by atoms with Crippen LogP contribution in [0.25, 0.3) is 0 Å². The highest BCUT2D eigenvalue weighted by molar-refractivity contribution is 6.31. The molecule has 1 unspecified atom stereocenters. The van der Waals surface area contributed by atoms with Crippen molar-refractivity contribution in [3.05, 3.63) is 34.9 Å². The molecule has 1 aliphatic rings. The van der Waals surface area contributed by atoms with Crippen LogP contribution < -0.4 is 0 Å². The summed E-state index contributed by atoms with van der Waals surface area (Å²) in [4.78, 5) is 25.4. The summed E-state index contributed by atoms with van der Waals surface area (Å²) in [7, 11) is 0. The zero-order valence-corrected chi connectivity index (χ0v) is 12.5. The maximum atomic E-state index is 14.1. The van der Waals surface area contributed by atoms with Gasteiger partial charge in [0.1, 0.15) is 0 Å². The molecule has 1 aromatic rings. The van der Waals surface area contributed by atoms with Crippen LogP contribution in [0.15, 0.2) is 24.3 Å². The number of carbonyl (C=O) groups is 2. The molecule has 0 saturated carbocycles. The van der Waals surface area contributed by atoms with E-state index in [0.29, 0.717) is 13.1 Å². The number of nitrogens with zero attached hydrogens (tertiary/aromatic N) is 1. The lowest BCUT2D eigenvalue weighted by Gasteiger charge is -2.21. The third-order valence-electron chi connectivity index (χ3n) is 3.44. The molecule has 1 aliphatic heterocycles. The van der Waals surface area contributed by atoms with Gasteiger partial charge in [-0.25, -0.2) is 9.18 Å². The second-order valence-corrected chi connectivity index (χ2v) is 5.40. The molecule has 0 aliphatic carbocycles. The van der Waals surface area contributed by atoms with Gasteiger partial charge in [0.15, 0.2) is 6.10 Å². The third-order valence-corrected chi connectivity index (χ3v) is 3.79. The second kappa shape index (κ2) is 6.89. The monoisotopic (exact) mass is 313 g/mol. The van der Waals surface area contributed by atoms with Crippen LogP contribution in [0.2, 0.25) is 5.02 Å². The molecule has 4 nitrogen and oxygen atoms in total. The van der Waals surface area contributed by atoms with Crippen LogP contribution >= 0.6 is 11.6 Å². The lowest BCUT2D eigenvalue weighted by molar-refractivity contribution is -0.163. The molecule has 6 heteroatoms. The Balaban J connectivity index is 1.97. The van der Waals surface area contributed by atoms with Crippen molar-refractivity contribution in [2.24, 2.45) is 0 Å². The molecule has 0 radical (unpaired) electrons. The minimum Gasteiger partial charge on any atom is -0.450 e. The van der Waals surface area contributed by atoms with Gasteiger partial charge in [-0.3, -0.25) is 4.79 Å². The van der Waals surface area contributed by atoms with E-state index in [1.54, 1.807) is 17.0 Å². The second-order valence-electron chi connectivity index (χ2n) is 5.00.